The molecule has 0 saturated heterocycles. The van der Waals surface area contributed by atoms with Crippen LogP contribution in [0.15, 0.2) is 32.4 Å². The molecule has 2 rings (SSSR count). The summed E-state index contributed by atoms with van der Waals surface area (Å²) in [6, 6.07) is 3.37. The second kappa shape index (κ2) is 7.35. The molecule has 1 aromatic heterocycles. The van der Waals surface area contributed by atoms with Crippen LogP contribution in [0.4, 0.5) is 5.69 Å². The van der Waals surface area contributed by atoms with E-state index < -0.39 is 17.2 Å². The first-order valence-corrected chi connectivity index (χ1v) is 7.66. The number of nitrogens with one attached hydrogen (secondary N) is 2. The highest BCUT2D eigenvalue weighted by atomic mass is 79.9. The molecular formula is C15H16BrN3O5. The third kappa shape index (κ3) is 3.85. The number of aryl methyl sites for hydroxylation is 1. The molecule has 24 heavy (non-hydrogen) atoms. The van der Waals surface area contributed by atoms with Crippen LogP contribution in [0.3, 0.4) is 0 Å². The maximum atomic E-state index is 12.2. The lowest BCUT2D eigenvalue weighted by Gasteiger charge is -2.14. The number of hydrogen-bond donors (Lipinski definition) is 2. The van der Waals surface area contributed by atoms with Crippen LogP contribution in [0.25, 0.3) is 0 Å². The van der Waals surface area contributed by atoms with Crippen molar-refractivity contribution in [2.75, 3.05) is 19.5 Å². The minimum absolute atomic E-state index is 0.164. The standard InChI is InChI=1S/C15H16BrN3O5/c1-8-4-11(23-2)12(24-3)5-10(8)17-13(20)7-19-6-9(16)14(21)18-15(19)22/h4-6H,7H2,1-3H3,(H,17,20)(H,18,21,22). The van der Waals surface area contributed by atoms with Crippen LogP contribution < -0.4 is 26.0 Å². The molecule has 0 saturated carbocycles. The van der Waals surface area contributed by atoms with Crippen LogP contribution in [0.2, 0.25) is 0 Å². The Morgan fingerprint density at radius 1 is 1.25 bits per heavy atom. The number of carbonyl (C=O) groups is 1. The van der Waals surface area contributed by atoms with Gasteiger partial charge in [-0.25, -0.2) is 4.79 Å². The highest BCUT2D eigenvalue weighted by Gasteiger charge is 2.12. The molecule has 128 valence electrons. The number of anilines is 1. The van der Waals surface area contributed by atoms with Crippen LogP contribution in [-0.2, 0) is 11.3 Å². The number of aromatic nitrogens is 2. The van der Waals surface area contributed by atoms with Crippen molar-refractivity contribution in [1.29, 1.82) is 0 Å². The van der Waals surface area contributed by atoms with Gasteiger partial charge in [-0.05, 0) is 34.5 Å². The number of benzene rings is 1. The van der Waals surface area contributed by atoms with Crippen molar-refractivity contribution in [3.63, 3.8) is 0 Å². The maximum absolute atomic E-state index is 12.2. The first-order chi connectivity index (χ1) is 11.3. The smallest absolute Gasteiger partial charge is 0.328 e. The van der Waals surface area contributed by atoms with Crippen LogP contribution in [-0.4, -0.2) is 29.7 Å². The quantitative estimate of drug-likeness (QED) is 0.790. The van der Waals surface area contributed by atoms with Gasteiger partial charge in [0.25, 0.3) is 5.56 Å². The summed E-state index contributed by atoms with van der Waals surface area (Å²) in [6.07, 6.45) is 1.27. The van der Waals surface area contributed by atoms with E-state index in [1.54, 1.807) is 19.1 Å². The summed E-state index contributed by atoms with van der Waals surface area (Å²) in [6.45, 7) is 1.56. The van der Waals surface area contributed by atoms with Crippen molar-refractivity contribution >= 4 is 27.5 Å². The van der Waals surface area contributed by atoms with E-state index in [9.17, 15) is 14.4 Å². The van der Waals surface area contributed by atoms with Gasteiger partial charge in [0.2, 0.25) is 5.91 Å². The molecule has 0 bridgehead atoms. The average Bonchev–Trinajstić information content (AvgIpc) is 2.54. The van der Waals surface area contributed by atoms with Crippen LogP contribution >= 0.6 is 15.9 Å². The van der Waals surface area contributed by atoms with Crippen molar-refractivity contribution in [3.05, 3.63) is 49.2 Å². The molecule has 0 atom stereocenters. The monoisotopic (exact) mass is 397 g/mol. The topological polar surface area (TPSA) is 102 Å². The summed E-state index contributed by atoms with van der Waals surface area (Å²) in [7, 11) is 3.02. The Kier molecular flexibility index (Phi) is 5.45. The second-order valence-corrected chi connectivity index (χ2v) is 5.79. The summed E-state index contributed by atoms with van der Waals surface area (Å²) in [5.74, 6) is 0.600. The number of rotatable bonds is 5. The Hall–Kier alpha value is -2.55. The molecule has 0 aliphatic rings. The van der Waals surface area contributed by atoms with E-state index >= 15 is 0 Å². The Morgan fingerprint density at radius 3 is 2.50 bits per heavy atom. The van der Waals surface area contributed by atoms with Crippen molar-refractivity contribution in [2.45, 2.75) is 13.5 Å². The molecule has 0 fully saturated rings. The lowest BCUT2D eigenvalue weighted by atomic mass is 10.1. The van der Waals surface area contributed by atoms with E-state index in [-0.39, 0.29) is 11.0 Å². The second-order valence-electron chi connectivity index (χ2n) is 4.93. The van der Waals surface area contributed by atoms with Crippen molar-refractivity contribution in [2.24, 2.45) is 0 Å². The van der Waals surface area contributed by atoms with E-state index in [1.165, 1.54) is 20.4 Å². The number of nitrogens with zero attached hydrogens (tertiary/aromatic N) is 1. The van der Waals surface area contributed by atoms with Gasteiger partial charge < -0.3 is 14.8 Å². The van der Waals surface area contributed by atoms with Gasteiger partial charge in [0.05, 0.1) is 18.7 Å². The minimum Gasteiger partial charge on any atom is -0.493 e. The van der Waals surface area contributed by atoms with Gasteiger partial charge in [-0.3, -0.25) is 19.1 Å². The Morgan fingerprint density at radius 2 is 1.88 bits per heavy atom. The fourth-order valence-electron chi connectivity index (χ4n) is 2.06. The molecule has 1 aromatic carbocycles. The Balaban J connectivity index is 2.23. The highest BCUT2D eigenvalue weighted by molar-refractivity contribution is 9.10. The van der Waals surface area contributed by atoms with Crippen LogP contribution in [0.5, 0.6) is 11.5 Å². The third-order valence-electron chi connectivity index (χ3n) is 3.29. The molecule has 2 N–H and O–H groups in total. The highest BCUT2D eigenvalue weighted by Crippen LogP contribution is 2.32. The van der Waals surface area contributed by atoms with Gasteiger partial charge in [0.1, 0.15) is 6.54 Å². The summed E-state index contributed by atoms with van der Waals surface area (Å²) in [5, 5.41) is 2.70. The zero-order chi connectivity index (χ0) is 17.9. The third-order valence-corrected chi connectivity index (χ3v) is 3.85. The molecule has 0 aliphatic heterocycles. The normalized spacial score (nSPS) is 10.3. The van der Waals surface area contributed by atoms with Crippen molar-refractivity contribution in [3.8, 4) is 11.5 Å². The largest absolute Gasteiger partial charge is 0.493 e. The lowest BCUT2D eigenvalue weighted by molar-refractivity contribution is -0.116. The minimum atomic E-state index is -0.664. The van der Waals surface area contributed by atoms with E-state index in [0.717, 1.165) is 10.1 Å². The van der Waals surface area contributed by atoms with E-state index in [1.807, 2.05) is 0 Å². The Bertz CT molecular complexity index is 888. The maximum Gasteiger partial charge on any atom is 0.328 e. The predicted octanol–water partition coefficient (Wildman–Crippen LogP) is 1.26. The average molecular weight is 398 g/mol. The molecule has 0 spiro atoms. The molecule has 1 heterocycles. The molecule has 0 aliphatic carbocycles. The molecule has 9 heteroatoms. The lowest BCUT2D eigenvalue weighted by Crippen LogP contribution is -2.33. The Labute approximate surface area is 145 Å². The van der Waals surface area contributed by atoms with Crippen LogP contribution in [0.1, 0.15) is 5.56 Å². The fourth-order valence-corrected chi connectivity index (χ4v) is 2.41. The predicted molar refractivity (Wildman–Crippen MR) is 91.9 cm³/mol. The summed E-state index contributed by atoms with van der Waals surface area (Å²) in [4.78, 5) is 37.3. The number of ether oxygens (including phenoxy) is 2. The van der Waals surface area contributed by atoms with Crippen LogP contribution in [0, 0.1) is 6.92 Å². The van der Waals surface area contributed by atoms with E-state index in [4.69, 9.17) is 9.47 Å². The first kappa shape index (κ1) is 17.8. The van der Waals surface area contributed by atoms with Gasteiger partial charge in [0.15, 0.2) is 11.5 Å². The fraction of sp³-hybridized carbons (Fsp3) is 0.267. The summed E-state index contributed by atoms with van der Waals surface area (Å²) in [5.41, 5.74) is 0.0972. The first-order valence-electron chi connectivity index (χ1n) is 6.87. The molecule has 8 nitrogen and oxygen atoms in total. The molecule has 1 amide bonds. The SMILES string of the molecule is COc1cc(C)c(NC(=O)Cn2cc(Br)c(=O)[nH]c2=O)cc1OC. The molecule has 2 aromatic rings. The molecular weight excluding hydrogens is 382 g/mol. The van der Waals surface area contributed by atoms with E-state index in [2.05, 4.69) is 26.2 Å². The van der Waals surface area contributed by atoms with Crippen molar-refractivity contribution in [1.82, 2.24) is 9.55 Å². The summed E-state index contributed by atoms with van der Waals surface area (Å²) >= 11 is 3.02. The van der Waals surface area contributed by atoms with E-state index in [0.29, 0.717) is 17.2 Å². The zero-order valence-corrected chi connectivity index (χ0v) is 14.9. The summed E-state index contributed by atoms with van der Waals surface area (Å²) < 4.78 is 11.7. The molecule has 0 radical (unpaired) electrons. The number of H-pyrrole nitrogens is 1. The number of amides is 1. The van der Waals surface area contributed by atoms with Gasteiger partial charge in [-0.15, -0.1) is 0 Å². The number of hydrogen-bond acceptors (Lipinski definition) is 5. The van der Waals surface area contributed by atoms with Gasteiger partial charge in [0, 0.05) is 18.0 Å². The number of methoxy groups -OCH3 is 2. The number of halogens is 1. The zero-order valence-electron chi connectivity index (χ0n) is 13.3. The number of aromatic amines is 1. The van der Waals surface area contributed by atoms with Gasteiger partial charge >= 0.3 is 5.69 Å². The van der Waals surface area contributed by atoms with Gasteiger partial charge in [-0.1, -0.05) is 0 Å². The number of carbonyl (C=O) groups excluding carboxylic acids is 1. The van der Waals surface area contributed by atoms with Crippen molar-refractivity contribution < 1.29 is 14.3 Å². The molecule has 0 unspecified atom stereocenters. The van der Waals surface area contributed by atoms with Gasteiger partial charge in [-0.2, -0.15) is 0 Å².